The molecule has 0 atom stereocenters. The minimum atomic E-state index is -0.145. The lowest BCUT2D eigenvalue weighted by Gasteiger charge is -2.37. The van der Waals surface area contributed by atoms with E-state index < -0.39 is 0 Å². The molecular weight excluding hydrogens is 470 g/mol. The van der Waals surface area contributed by atoms with Gasteiger partial charge < -0.3 is 4.90 Å². The molecule has 0 saturated carbocycles. The molecule has 8 rings (SSSR count). The Balaban J connectivity index is 1.50. The maximum absolute atomic E-state index is 2.47. The summed E-state index contributed by atoms with van der Waals surface area (Å²) in [5.74, 6) is 0. The highest BCUT2D eigenvalue weighted by molar-refractivity contribution is 6.18. The third-order valence-corrected chi connectivity index (χ3v) is 9.38. The molecule has 0 bridgehead atoms. The number of hydrogen-bond donors (Lipinski definition) is 0. The number of anilines is 3. The summed E-state index contributed by atoms with van der Waals surface area (Å²) >= 11 is 0. The van der Waals surface area contributed by atoms with Gasteiger partial charge in [0.1, 0.15) is 0 Å². The Morgan fingerprint density at radius 1 is 0.436 bits per heavy atom. The van der Waals surface area contributed by atoms with Crippen LogP contribution in [0, 0.1) is 0 Å². The van der Waals surface area contributed by atoms with Crippen LogP contribution < -0.4 is 4.90 Å². The molecule has 0 aromatic heterocycles. The van der Waals surface area contributed by atoms with Crippen molar-refractivity contribution in [3.63, 3.8) is 0 Å². The largest absolute Gasteiger partial charge is 0.310 e. The van der Waals surface area contributed by atoms with E-state index in [4.69, 9.17) is 0 Å². The van der Waals surface area contributed by atoms with Crippen molar-refractivity contribution in [3.8, 4) is 11.1 Å². The van der Waals surface area contributed by atoms with E-state index in [1.165, 1.54) is 72.0 Å². The molecule has 0 unspecified atom stereocenters. The summed E-state index contributed by atoms with van der Waals surface area (Å²) in [6, 6.07) is 42.6. The average Bonchev–Trinajstić information content (AvgIpc) is 3.19. The molecule has 0 spiro atoms. The fourth-order valence-electron chi connectivity index (χ4n) is 7.38. The third-order valence-electron chi connectivity index (χ3n) is 9.38. The Morgan fingerprint density at radius 3 is 1.64 bits per heavy atom. The van der Waals surface area contributed by atoms with Gasteiger partial charge >= 0.3 is 0 Å². The summed E-state index contributed by atoms with van der Waals surface area (Å²) < 4.78 is 0. The molecule has 0 fully saturated rings. The summed E-state index contributed by atoms with van der Waals surface area (Å²) in [4.78, 5) is 2.41. The fourth-order valence-corrected chi connectivity index (χ4v) is 7.38. The highest BCUT2D eigenvalue weighted by Gasteiger charge is 2.45. The molecule has 1 heteroatoms. The van der Waals surface area contributed by atoms with Crippen LogP contribution in [0.15, 0.2) is 115 Å². The average molecular weight is 502 g/mol. The molecule has 0 amide bonds. The van der Waals surface area contributed by atoms with Crippen LogP contribution in [0.1, 0.15) is 49.9 Å². The highest BCUT2D eigenvalue weighted by Crippen LogP contribution is 2.61. The molecule has 39 heavy (non-hydrogen) atoms. The lowest BCUT2D eigenvalue weighted by molar-refractivity contribution is 0.640. The smallest absolute Gasteiger partial charge is 0.0468 e. The van der Waals surface area contributed by atoms with E-state index in [9.17, 15) is 0 Å². The zero-order valence-corrected chi connectivity index (χ0v) is 22.9. The van der Waals surface area contributed by atoms with Gasteiger partial charge in [-0.3, -0.25) is 0 Å². The minimum absolute atomic E-state index is 0.0913. The monoisotopic (exact) mass is 501 g/mol. The van der Waals surface area contributed by atoms with E-state index >= 15 is 0 Å². The molecular formula is C38H31N. The second-order valence-corrected chi connectivity index (χ2v) is 12.2. The molecule has 0 N–H and O–H groups in total. The number of benzene rings is 6. The zero-order chi connectivity index (χ0) is 26.5. The van der Waals surface area contributed by atoms with Crippen LogP contribution in [0.4, 0.5) is 17.1 Å². The molecule has 1 nitrogen and oxygen atoms in total. The Bertz CT molecular complexity index is 1910. The fraction of sp³-hybridized carbons (Fsp3) is 0.158. The zero-order valence-electron chi connectivity index (χ0n) is 22.9. The molecule has 188 valence electrons. The number of para-hydroxylation sites is 2. The van der Waals surface area contributed by atoms with Crippen LogP contribution in [0.5, 0.6) is 0 Å². The minimum Gasteiger partial charge on any atom is -0.310 e. The van der Waals surface area contributed by atoms with Crippen LogP contribution in [-0.4, -0.2) is 0 Å². The van der Waals surface area contributed by atoms with Crippen molar-refractivity contribution in [1.82, 2.24) is 0 Å². The predicted molar refractivity (Wildman–Crippen MR) is 166 cm³/mol. The number of hydrogen-bond acceptors (Lipinski definition) is 1. The maximum atomic E-state index is 2.47. The highest BCUT2D eigenvalue weighted by atomic mass is 15.1. The molecule has 0 heterocycles. The van der Waals surface area contributed by atoms with E-state index in [1.54, 1.807) is 0 Å². The van der Waals surface area contributed by atoms with Crippen molar-refractivity contribution in [2.75, 3.05) is 4.90 Å². The first-order chi connectivity index (χ1) is 18.9. The summed E-state index contributed by atoms with van der Waals surface area (Å²) in [5, 5.41) is 5.50. The van der Waals surface area contributed by atoms with Crippen molar-refractivity contribution >= 4 is 38.6 Å². The standard InChI is InChI=1S/C38H31N/c1-37(2)30-20-19-29-28-18-12-11-13-24(28)21-31-34(29)36(30)35-32(37)22-27(23-33(35)38(31,3)4)39(25-14-7-5-8-15-25)26-16-9-6-10-17-26/h5-23H,1-4H3. The molecule has 2 aliphatic rings. The van der Waals surface area contributed by atoms with Crippen molar-refractivity contribution in [3.05, 3.63) is 138 Å². The van der Waals surface area contributed by atoms with E-state index in [0.717, 1.165) is 0 Å². The summed E-state index contributed by atoms with van der Waals surface area (Å²) in [7, 11) is 0. The second-order valence-electron chi connectivity index (χ2n) is 12.2. The van der Waals surface area contributed by atoms with Gasteiger partial charge in [0.15, 0.2) is 0 Å². The first-order valence-electron chi connectivity index (χ1n) is 14.0. The SMILES string of the molecule is CC1(C)c2cc(N(c3ccccc3)c3ccccc3)cc3c2-c2c1ccc1c2c(cc2ccccc21)C3(C)C. The number of fused-ring (bicyclic) bond motifs is 2. The number of nitrogens with zero attached hydrogens (tertiary/aromatic N) is 1. The van der Waals surface area contributed by atoms with Gasteiger partial charge in [0, 0.05) is 27.9 Å². The van der Waals surface area contributed by atoms with Crippen molar-refractivity contribution in [2.45, 2.75) is 38.5 Å². The molecule has 0 aliphatic heterocycles. The van der Waals surface area contributed by atoms with Gasteiger partial charge in [-0.05, 0) is 97.4 Å². The summed E-state index contributed by atoms with van der Waals surface area (Å²) in [5.41, 5.74) is 12.0. The number of rotatable bonds is 3. The summed E-state index contributed by atoms with van der Waals surface area (Å²) in [6.07, 6.45) is 0. The molecule has 0 saturated heterocycles. The molecule has 2 aliphatic carbocycles. The van der Waals surface area contributed by atoms with Gasteiger partial charge in [0.2, 0.25) is 0 Å². The van der Waals surface area contributed by atoms with Gasteiger partial charge in [-0.25, -0.2) is 0 Å². The Labute approximate surface area is 230 Å². The van der Waals surface area contributed by atoms with E-state index in [0.29, 0.717) is 0 Å². The van der Waals surface area contributed by atoms with Crippen LogP contribution in [0.25, 0.3) is 32.7 Å². The van der Waals surface area contributed by atoms with Crippen molar-refractivity contribution < 1.29 is 0 Å². The quantitative estimate of drug-likeness (QED) is 0.218. The first-order valence-corrected chi connectivity index (χ1v) is 14.0. The molecule has 6 aromatic rings. The van der Waals surface area contributed by atoms with Gasteiger partial charge in [-0.15, -0.1) is 0 Å². The van der Waals surface area contributed by atoms with Gasteiger partial charge in [0.25, 0.3) is 0 Å². The topological polar surface area (TPSA) is 3.24 Å². The van der Waals surface area contributed by atoms with Gasteiger partial charge in [0.05, 0.1) is 0 Å². The summed E-state index contributed by atoms with van der Waals surface area (Å²) in [6.45, 7) is 9.66. The second kappa shape index (κ2) is 7.61. The van der Waals surface area contributed by atoms with Gasteiger partial charge in [-0.1, -0.05) is 100 Å². The van der Waals surface area contributed by atoms with E-state index in [1.807, 2.05) is 0 Å². The van der Waals surface area contributed by atoms with E-state index in [-0.39, 0.29) is 10.8 Å². The Hall–Kier alpha value is -4.36. The normalized spacial score (nSPS) is 15.6. The van der Waals surface area contributed by atoms with Crippen LogP contribution in [0.2, 0.25) is 0 Å². The van der Waals surface area contributed by atoms with Crippen molar-refractivity contribution in [1.29, 1.82) is 0 Å². The lowest BCUT2D eigenvalue weighted by atomic mass is 9.67. The molecule has 6 aromatic carbocycles. The van der Waals surface area contributed by atoms with Crippen LogP contribution in [0.3, 0.4) is 0 Å². The van der Waals surface area contributed by atoms with Crippen LogP contribution in [-0.2, 0) is 10.8 Å². The van der Waals surface area contributed by atoms with Crippen molar-refractivity contribution in [2.24, 2.45) is 0 Å². The van der Waals surface area contributed by atoms with Gasteiger partial charge in [-0.2, -0.15) is 0 Å². The maximum Gasteiger partial charge on any atom is 0.0468 e. The Morgan fingerprint density at radius 2 is 1.00 bits per heavy atom. The lowest BCUT2D eigenvalue weighted by Crippen LogP contribution is -2.25. The third kappa shape index (κ3) is 2.91. The first kappa shape index (κ1) is 22.6. The molecule has 0 radical (unpaired) electrons. The van der Waals surface area contributed by atoms with E-state index in [2.05, 4.69) is 148 Å². The van der Waals surface area contributed by atoms with Crippen LogP contribution >= 0.6 is 0 Å². The predicted octanol–water partition coefficient (Wildman–Crippen LogP) is 10.4. The Kier molecular flexibility index (Phi) is 4.41.